The van der Waals surface area contributed by atoms with Crippen LogP contribution >= 0.6 is 22.6 Å². The normalized spacial score (nSPS) is 14.8. The van der Waals surface area contributed by atoms with E-state index in [1.807, 2.05) is 6.07 Å². The van der Waals surface area contributed by atoms with Gasteiger partial charge in [0, 0.05) is 22.7 Å². The molecule has 9 nitrogen and oxygen atoms in total. The van der Waals surface area contributed by atoms with Crippen LogP contribution in [0.1, 0.15) is 39.3 Å². The molecule has 3 N–H and O–H groups in total. The van der Waals surface area contributed by atoms with Crippen LogP contribution in [-0.4, -0.2) is 53.4 Å². The number of aliphatic hydroxyl groups excluding tert-OH is 1. The zero-order valence-electron chi connectivity index (χ0n) is 20.1. The van der Waals surface area contributed by atoms with Gasteiger partial charge in [0.05, 0.1) is 39.7 Å². The molecule has 1 aliphatic rings. The molecule has 5 rings (SSSR count). The van der Waals surface area contributed by atoms with Crippen molar-refractivity contribution < 1.29 is 19.0 Å². The summed E-state index contributed by atoms with van der Waals surface area (Å²) in [4.78, 5) is 24.0. The fraction of sp³-hybridized carbons (Fsp3) is 0.360. The highest BCUT2D eigenvalue weighted by Crippen LogP contribution is 2.43. The number of amides is 1. The lowest BCUT2D eigenvalue weighted by Crippen LogP contribution is -2.46. The van der Waals surface area contributed by atoms with Crippen molar-refractivity contribution in [1.29, 1.82) is 0 Å². The number of hydrogen-bond donors (Lipinski definition) is 2. The van der Waals surface area contributed by atoms with Crippen LogP contribution in [0.15, 0.2) is 36.7 Å². The van der Waals surface area contributed by atoms with Crippen molar-refractivity contribution in [2.24, 2.45) is 0 Å². The molecule has 0 bridgehead atoms. The maximum Gasteiger partial charge on any atom is 0.411 e. The van der Waals surface area contributed by atoms with Crippen LogP contribution in [0.3, 0.4) is 0 Å². The SMILES string of the molecule is CC(C)(C)OC(=O)N(Cc1nc2c(-c3cnc4ccc(F)cc4c3)cnn2c(N)c1I)C1(CO)CC1. The molecule has 1 saturated carbocycles. The zero-order chi connectivity index (χ0) is 25.8. The monoisotopic (exact) mass is 604 g/mol. The first kappa shape index (κ1) is 24.6. The molecule has 0 atom stereocenters. The number of aromatic nitrogens is 4. The highest BCUT2D eigenvalue weighted by atomic mass is 127. The van der Waals surface area contributed by atoms with E-state index in [2.05, 4.69) is 32.7 Å². The van der Waals surface area contributed by atoms with Gasteiger partial charge in [0.1, 0.15) is 17.2 Å². The summed E-state index contributed by atoms with van der Waals surface area (Å²) >= 11 is 2.09. The number of halogens is 2. The molecule has 0 radical (unpaired) electrons. The van der Waals surface area contributed by atoms with E-state index in [0.717, 1.165) is 0 Å². The molecule has 0 unspecified atom stereocenters. The van der Waals surface area contributed by atoms with Crippen LogP contribution < -0.4 is 5.73 Å². The minimum Gasteiger partial charge on any atom is -0.444 e. The van der Waals surface area contributed by atoms with Crippen molar-refractivity contribution in [3.63, 3.8) is 0 Å². The van der Waals surface area contributed by atoms with Gasteiger partial charge < -0.3 is 15.6 Å². The average Bonchev–Trinajstić information content (AvgIpc) is 3.50. The second-order valence-corrected chi connectivity index (χ2v) is 11.1. The largest absolute Gasteiger partial charge is 0.444 e. The summed E-state index contributed by atoms with van der Waals surface area (Å²) in [6.45, 7) is 5.35. The number of rotatable bonds is 5. The van der Waals surface area contributed by atoms with E-state index in [1.165, 1.54) is 16.6 Å². The number of hydrogen-bond acceptors (Lipinski definition) is 7. The van der Waals surface area contributed by atoms with E-state index in [1.54, 1.807) is 44.1 Å². The smallest absolute Gasteiger partial charge is 0.411 e. The van der Waals surface area contributed by atoms with Gasteiger partial charge >= 0.3 is 6.09 Å². The molecule has 11 heteroatoms. The van der Waals surface area contributed by atoms with E-state index >= 15 is 0 Å². The highest BCUT2D eigenvalue weighted by molar-refractivity contribution is 14.1. The lowest BCUT2D eigenvalue weighted by atomic mass is 10.1. The molecule has 0 saturated heterocycles. The van der Waals surface area contributed by atoms with Crippen molar-refractivity contribution in [2.45, 2.75) is 51.3 Å². The van der Waals surface area contributed by atoms with Gasteiger partial charge in [0.2, 0.25) is 0 Å². The zero-order valence-corrected chi connectivity index (χ0v) is 22.3. The molecule has 0 aliphatic heterocycles. The number of pyridine rings is 1. The summed E-state index contributed by atoms with van der Waals surface area (Å²) in [6, 6.07) is 6.25. The quantitative estimate of drug-likeness (QED) is 0.322. The summed E-state index contributed by atoms with van der Waals surface area (Å²) < 4.78 is 21.6. The summed E-state index contributed by atoms with van der Waals surface area (Å²) in [5, 5.41) is 15.1. The van der Waals surface area contributed by atoms with Gasteiger partial charge in [-0.1, -0.05) is 0 Å². The molecule has 36 heavy (non-hydrogen) atoms. The number of nitrogens with two attached hydrogens (primary N) is 1. The number of benzene rings is 1. The van der Waals surface area contributed by atoms with Crippen LogP contribution in [0.5, 0.6) is 0 Å². The topological polar surface area (TPSA) is 119 Å². The number of aliphatic hydroxyl groups is 1. The number of carbonyl (C=O) groups excluding carboxylic acids is 1. The molecule has 1 amide bonds. The first-order valence-electron chi connectivity index (χ1n) is 11.5. The van der Waals surface area contributed by atoms with Gasteiger partial charge in [0.25, 0.3) is 0 Å². The summed E-state index contributed by atoms with van der Waals surface area (Å²) in [7, 11) is 0. The van der Waals surface area contributed by atoms with Gasteiger partial charge in [-0.2, -0.15) is 9.61 Å². The molecule has 3 heterocycles. The van der Waals surface area contributed by atoms with Crippen molar-refractivity contribution in [2.75, 3.05) is 12.3 Å². The maximum atomic E-state index is 13.8. The van der Waals surface area contributed by atoms with Crippen LogP contribution in [0.4, 0.5) is 15.0 Å². The van der Waals surface area contributed by atoms with Crippen molar-refractivity contribution in [3.05, 3.63) is 51.7 Å². The predicted molar refractivity (Wildman–Crippen MR) is 142 cm³/mol. The second kappa shape index (κ2) is 8.80. The minimum atomic E-state index is -0.689. The molecule has 1 aliphatic carbocycles. The Hall–Kier alpha value is -3.06. The highest BCUT2D eigenvalue weighted by Gasteiger charge is 2.51. The average molecular weight is 604 g/mol. The second-order valence-electron chi connectivity index (χ2n) is 10.1. The number of nitrogens with zero attached hydrogens (tertiary/aromatic N) is 5. The summed E-state index contributed by atoms with van der Waals surface area (Å²) in [5.74, 6) is 0.0280. The fourth-order valence-electron chi connectivity index (χ4n) is 4.15. The van der Waals surface area contributed by atoms with Gasteiger partial charge in [-0.3, -0.25) is 9.88 Å². The van der Waals surface area contributed by atoms with Gasteiger partial charge in [-0.05, 0) is 80.5 Å². The van der Waals surface area contributed by atoms with E-state index in [0.29, 0.717) is 55.6 Å². The molecule has 1 aromatic carbocycles. The van der Waals surface area contributed by atoms with Crippen molar-refractivity contribution in [1.82, 2.24) is 24.5 Å². The van der Waals surface area contributed by atoms with Crippen LogP contribution in [0.2, 0.25) is 0 Å². The number of ether oxygens (including phenoxy) is 1. The first-order valence-corrected chi connectivity index (χ1v) is 12.6. The lowest BCUT2D eigenvalue weighted by molar-refractivity contribution is 0.00178. The van der Waals surface area contributed by atoms with Gasteiger partial charge in [-0.25, -0.2) is 14.2 Å². The number of carbonyl (C=O) groups is 1. The molecule has 188 valence electrons. The number of nitrogen functional groups attached to an aromatic ring is 1. The Morgan fingerprint density at radius 2 is 2.06 bits per heavy atom. The third-order valence-electron chi connectivity index (χ3n) is 6.26. The van der Waals surface area contributed by atoms with Gasteiger partial charge in [-0.15, -0.1) is 0 Å². The minimum absolute atomic E-state index is 0.111. The van der Waals surface area contributed by atoms with E-state index in [9.17, 15) is 14.3 Å². The predicted octanol–water partition coefficient (Wildman–Crippen LogP) is 4.53. The van der Waals surface area contributed by atoms with Crippen LogP contribution in [-0.2, 0) is 11.3 Å². The fourth-order valence-corrected chi connectivity index (χ4v) is 4.67. The molecular weight excluding hydrogens is 578 g/mol. The van der Waals surface area contributed by atoms with Gasteiger partial charge in [0.15, 0.2) is 5.65 Å². The molecule has 4 aromatic rings. The molecule has 0 spiro atoms. The molecule has 3 aromatic heterocycles. The summed E-state index contributed by atoms with van der Waals surface area (Å²) in [5.41, 5.74) is 8.17. The van der Waals surface area contributed by atoms with Crippen molar-refractivity contribution >= 4 is 51.1 Å². The number of anilines is 1. The van der Waals surface area contributed by atoms with Crippen molar-refractivity contribution in [3.8, 4) is 11.1 Å². The van der Waals surface area contributed by atoms with E-state index in [-0.39, 0.29) is 19.0 Å². The van der Waals surface area contributed by atoms with E-state index < -0.39 is 17.2 Å². The van der Waals surface area contributed by atoms with Crippen LogP contribution in [0, 0.1) is 9.39 Å². The molecule has 1 fully saturated rings. The maximum absolute atomic E-state index is 13.8. The summed E-state index contributed by atoms with van der Waals surface area (Å²) in [6.07, 6.45) is 4.16. The van der Waals surface area contributed by atoms with Crippen LogP contribution in [0.25, 0.3) is 27.7 Å². The lowest BCUT2D eigenvalue weighted by Gasteiger charge is -2.33. The van der Waals surface area contributed by atoms with E-state index in [4.69, 9.17) is 15.5 Å². The molecular formula is C25H26FIN6O3. The standard InChI is InChI=1S/C25H26FIN6O3/c1-24(2,3)36-23(35)32(25(13-34)6-7-25)12-19-20(27)21(28)33-22(31-19)17(11-30-33)15-8-14-9-16(26)4-5-18(14)29-10-15/h4-5,8-11,34H,6-7,12-13,28H2,1-3H3. The Kier molecular flexibility index (Phi) is 6.02. The Labute approximate surface area is 220 Å². The third kappa shape index (κ3) is 4.45. The number of fused-ring (bicyclic) bond motifs is 2. The first-order chi connectivity index (χ1) is 17.0. The third-order valence-corrected chi connectivity index (χ3v) is 7.44. The Morgan fingerprint density at radius 1 is 1.31 bits per heavy atom. The Morgan fingerprint density at radius 3 is 2.72 bits per heavy atom. The Balaban J connectivity index is 1.58. The Bertz CT molecular complexity index is 1490.